The first kappa shape index (κ1) is 9.90. The van der Waals surface area contributed by atoms with Crippen LogP contribution in [0.2, 0.25) is 0 Å². The fourth-order valence-corrected chi connectivity index (χ4v) is 2.78. The molecule has 1 unspecified atom stereocenters. The zero-order chi connectivity index (χ0) is 8.15. The molecule has 0 radical (unpaired) electrons. The van der Waals surface area contributed by atoms with Crippen molar-refractivity contribution >= 4 is 13.9 Å². The van der Waals surface area contributed by atoms with E-state index >= 15 is 0 Å². The molecule has 0 aliphatic heterocycles. The van der Waals surface area contributed by atoms with Gasteiger partial charge in [0.25, 0.3) is 0 Å². The normalized spacial score (nSPS) is 13.6. The van der Waals surface area contributed by atoms with Gasteiger partial charge in [0.05, 0.1) is 5.66 Å². The Labute approximate surface area is 63.4 Å². The van der Waals surface area contributed by atoms with Gasteiger partial charge >= 0.3 is 5.97 Å². The first-order valence-corrected chi connectivity index (χ1v) is 5.38. The topological polar surface area (TPSA) is 37.3 Å². The Morgan fingerprint density at radius 2 is 1.90 bits per heavy atom. The Kier molecular flexibility index (Phi) is 4.63. The quantitative estimate of drug-likeness (QED) is 0.642. The molecular weight excluding hydrogens is 147 g/mol. The first-order valence-electron chi connectivity index (χ1n) is 3.60. The lowest BCUT2D eigenvalue weighted by Crippen LogP contribution is -2.15. The van der Waals surface area contributed by atoms with Crippen LogP contribution in [0.25, 0.3) is 0 Å². The smallest absolute Gasteiger partial charge is 0.310 e. The number of hydrogen-bond acceptors (Lipinski definition) is 1. The fraction of sp³-hybridized carbons (Fsp3) is 0.857. The van der Waals surface area contributed by atoms with Crippen molar-refractivity contribution in [2.24, 2.45) is 0 Å². The summed E-state index contributed by atoms with van der Waals surface area (Å²) in [5, 5.41) is 8.63. The molecule has 0 aliphatic carbocycles. The molecule has 1 atom stereocenters. The third-order valence-electron chi connectivity index (χ3n) is 1.72. The molecule has 10 heavy (non-hydrogen) atoms. The van der Waals surface area contributed by atoms with Crippen molar-refractivity contribution < 1.29 is 9.90 Å². The van der Waals surface area contributed by atoms with E-state index in [0.29, 0.717) is 0 Å². The maximum absolute atomic E-state index is 10.5. The van der Waals surface area contributed by atoms with Gasteiger partial charge in [0.15, 0.2) is 0 Å². The second-order valence-electron chi connectivity index (χ2n) is 2.24. The van der Waals surface area contributed by atoms with Gasteiger partial charge in [-0.15, -0.1) is 0 Å². The highest BCUT2D eigenvalue weighted by Gasteiger charge is 2.18. The van der Waals surface area contributed by atoms with Gasteiger partial charge in [-0.25, -0.2) is 0 Å². The average Bonchev–Trinajstić information content (AvgIpc) is 1.90. The van der Waals surface area contributed by atoms with Crippen LogP contribution < -0.4 is 0 Å². The standard InChI is InChI=1S/C7H15O2P/c1-4-10(5-2)6(3)7(8)9/h6H,4-5H2,1-3H3,(H,8,9). The first-order chi connectivity index (χ1) is 4.63. The number of carbonyl (C=O) groups is 1. The minimum Gasteiger partial charge on any atom is -0.481 e. The van der Waals surface area contributed by atoms with Gasteiger partial charge in [0, 0.05) is 0 Å². The maximum Gasteiger partial charge on any atom is 0.310 e. The summed E-state index contributed by atoms with van der Waals surface area (Å²) < 4.78 is 0. The van der Waals surface area contributed by atoms with Crippen LogP contribution in [0, 0.1) is 0 Å². The average molecular weight is 162 g/mol. The lowest BCUT2D eigenvalue weighted by molar-refractivity contribution is -0.136. The van der Waals surface area contributed by atoms with Crippen molar-refractivity contribution in [2.75, 3.05) is 12.3 Å². The van der Waals surface area contributed by atoms with Gasteiger partial charge in [-0.1, -0.05) is 21.8 Å². The molecule has 2 nitrogen and oxygen atoms in total. The molecule has 0 aromatic carbocycles. The molecule has 0 rings (SSSR count). The summed E-state index contributed by atoms with van der Waals surface area (Å²) in [5.74, 6) is -0.644. The van der Waals surface area contributed by atoms with E-state index in [4.69, 9.17) is 5.11 Å². The summed E-state index contributed by atoms with van der Waals surface area (Å²) >= 11 is 0. The largest absolute Gasteiger partial charge is 0.481 e. The van der Waals surface area contributed by atoms with Gasteiger partial charge in [-0.2, -0.15) is 0 Å². The molecule has 0 aromatic heterocycles. The molecule has 3 heteroatoms. The van der Waals surface area contributed by atoms with Crippen LogP contribution in [0.5, 0.6) is 0 Å². The van der Waals surface area contributed by atoms with Crippen LogP contribution >= 0.6 is 7.92 Å². The van der Waals surface area contributed by atoms with Crippen LogP contribution in [-0.4, -0.2) is 29.1 Å². The highest BCUT2D eigenvalue weighted by molar-refractivity contribution is 7.59. The summed E-state index contributed by atoms with van der Waals surface area (Å²) in [5.41, 5.74) is -0.120. The van der Waals surface area contributed by atoms with Gasteiger partial charge in [0.2, 0.25) is 0 Å². The molecule has 0 fully saturated rings. The predicted molar refractivity (Wildman–Crippen MR) is 45.1 cm³/mol. The zero-order valence-corrected chi connectivity index (χ0v) is 7.69. The Hall–Kier alpha value is -0.100. The molecule has 0 saturated carbocycles. The molecule has 1 N–H and O–H groups in total. The number of aliphatic carboxylic acids is 1. The summed E-state index contributed by atoms with van der Waals surface area (Å²) in [7, 11) is -0.256. The third-order valence-corrected chi connectivity index (χ3v) is 4.66. The third kappa shape index (κ3) is 2.66. The van der Waals surface area contributed by atoms with Gasteiger partial charge in [0.1, 0.15) is 0 Å². The number of rotatable bonds is 4. The van der Waals surface area contributed by atoms with Crippen LogP contribution in [0.1, 0.15) is 20.8 Å². The second-order valence-corrected chi connectivity index (χ2v) is 5.45. The molecule has 0 bridgehead atoms. The highest BCUT2D eigenvalue weighted by Crippen LogP contribution is 2.39. The van der Waals surface area contributed by atoms with Crippen molar-refractivity contribution in [3.8, 4) is 0 Å². The van der Waals surface area contributed by atoms with Crippen LogP contribution in [-0.2, 0) is 4.79 Å². The van der Waals surface area contributed by atoms with Crippen molar-refractivity contribution in [1.29, 1.82) is 0 Å². The SMILES string of the molecule is CCP(CC)C(C)C(=O)O. The summed E-state index contributed by atoms with van der Waals surface area (Å²) in [6.45, 7) is 5.93. The minimum atomic E-state index is -0.644. The molecule has 0 heterocycles. The molecular formula is C7H15O2P. The molecule has 0 spiro atoms. The number of hydrogen-bond donors (Lipinski definition) is 1. The lowest BCUT2D eigenvalue weighted by atomic mass is 10.5. The van der Waals surface area contributed by atoms with E-state index in [1.807, 2.05) is 0 Å². The van der Waals surface area contributed by atoms with Crippen molar-refractivity contribution in [2.45, 2.75) is 26.4 Å². The van der Waals surface area contributed by atoms with E-state index in [2.05, 4.69) is 13.8 Å². The molecule has 0 amide bonds. The molecule has 0 aliphatic rings. The Morgan fingerprint density at radius 1 is 1.50 bits per heavy atom. The van der Waals surface area contributed by atoms with E-state index in [0.717, 1.165) is 12.3 Å². The van der Waals surface area contributed by atoms with Gasteiger partial charge < -0.3 is 5.11 Å². The Balaban J connectivity index is 3.88. The van der Waals surface area contributed by atoms with E-state index in [1.54, 1.807) is 6.92 Å². The second kappa shape index (κ2) is 4.68. The van der Waals surface area contributed by atoms with E-state index < -0.39 is 5.97 Å². The monoisotopic (exact) mass is 162 g/mol. The highest BCUT2D eigenvalue weighted by atomic mass is 31.1. The fourth-order valence-electron chi connectivity index (χ4n) is 0.928. The lowest BCUT2D eigenvalue weighted by Gasteiger charge is -2.17. The minimum absolute atomic E-state index is 0.120. The number of carboxylic acids is 1. The molecule has 60 valence electrons. The van der Waals surface area contributed by atoms with Gasteiger partial charge in [-0.05, 0) is 19.2 Å². The summed E-state index contributed by atoms with van der Waals surface area (Å²) in [6.07, 6.45) is 2.05. The number of carboxylic acid groups (broad SMARTS) is 1. The summed E-state index contributed by atoms with van der Waals surface area (Å²) in [4.78, 5) is 10.5. The Bertz CT molecular complexity index is 110. The van der Waals surface area contributed by atoms with Crippen molar-refractivity contribution in [1.82, 2.24) is 0 Å². The van der Waals surface area contributed by atoms with Crippen LogP contribution in [0.3, 0.4) is 0 Å². The molecule has 0 aromatic rings. The Morgan fingerprint density at radius 3 is 2.00 bits per heavy atom. The molecule has 0 saturated heterocycles. The van der Waals surface area contributed by atoms with Crippen molar-refractivity contribution in [3.63, 3.8) is 0 Å². The van der Waals surface area contributed by atoms with Crippen molar-refractivity contribution in [3.05, 3.63) is 0 Å². The van der Waals surface area contributed by atoms with Crippen LogP contribution in [0.15, 0.2) is 0 Å². The van der Waals surface area contributed by atoms with Crippen LogP contribution in [0.4, 0.5) is 0 Å². The van der Waals surface area contributed by atoms with Gasteiger partial charge in [-0.3, -0.25) is 4.79 Å². The van der Waals surface area contributed by atoms with E-state index in [-0.39, 0.29) is 13.6 Å². The van der Waals surface area contributed by atoms with E-state index in [9.17, 15) is 4.79 Å². The summed E-state index contributed by atoms with van der Waals surface area (Å²) in [6, 6.07) is 0. The predicted octanol–water partition coefficient (Wildman–Crippen LogP) is 1.98. The van der Waals surface area contributed by atoms with E-state index in [1.165, 1.54) is 0 Å². The maximum atomic E-state index is 10.5. The zero-order valence-electron chi connectivity index (χ0n) is 6.79.